The van der Waals surface area contributed by atoms with Crippen LogP contribution in [-0.4, -0.2) is 23.0 Å². The predicted octanol–water partition coefficient (Wildman–Crippen LogP) is 2.40. The lowest BCUT2D eigenvalue weighted by atomic mass is 9.81. The zero-order valence-electron chi connectivity index (χ0n) is 11.9. The molecule has 0 fully saturated rings. The quantitative estimate of drug-likeness (QED) is 0.643. The van der Waals surface area contributed by atoms with Crippen LogP contribution in [0.2, 0.25) is 0 Å². The van der Waals surface area contributed by atoms with Gasteiger partial charge in [0.1, 0.15) is 17.4 Å². The van der Waals surface area contributed by atoms with Crippen molar-refractivity contribution in [1.82, 2.24) is 0 Å². The first-order chi connectivity index (χ1) is 10.0. The minimum Gasteiger partial charge on any atom is -0.456 e. The average Bonchev–Trinajstić information content (AvgIpc) is 2.86. The van der Waals surface area contributed by atoms with E-state index >= 15 is 0 Å². The van der Waals surface area contributed by atoms with Crippen molar-refractivity contribution in [2.45, 2.75) is 19.6 Å². The Morgan fingerprint density at radius 1 is 1.14 bits per heavy atom. The summed E-state index contributed by atoms with van der Waals surface area (Å²) in [6.07, 6.45) is -0.613. The largest absolute Gasteiger partial charge is 0.456 e. The molecule has 0 amide bonds. The third kappa shape index (κ3) is 2.31. The topological polar surface area (TPSA) is 79.6 Å². The van der Waals surface area contributed by atoms with E-state index in [1.54, 1.807) is 6.92 Å². The monoisotopic (exact) mass is 285 g/mol. The van der Waals surface area contributed by atoms with Crippen LogP contribution in [0.1, 0.15) is 12.5 Å². The molecule has 110 valence electrons. The molecule has 1 aromatic heterocycles. The van der Waals surface area contributed by atoms with E-state index in [0.717, 1.165) is 27.5 Å². The first-order valence-corrected chi connectivity index (χ1v) is 6.99. The van der Waals surface area contributed by atoms with Crippen molar-refractivity contribution in [1.29, 1.82) is 0 Å². The van der Waals surface area contributed by atoms with Crippen LogP contribution >= 0.6 is 0 Å². The Morgan fingerprint density at radius 2 is 1.86 bits per heavy atom. The molecular formula is C17H19NO3. The van der Waals surface area contributed by atoms with Gasteiger partial charge >= 0.3 is 0 Å². The van der Waals surface area contributed by atoms with Gasteiger partial charge in [-0.3, -0.25) is 0 Å². The molecule has 2 aromatic carbocycles. The Hall–Kier alpha value is -1.88. The van der Waals surface area contributed by atoms with Crippen molar-refractivity contribution in [3.63, 3.8) is 0 Å². The summed E-state index contributed by atoms with van der Waals surface area (Å²) in [6, 6.07) is 13.7. The molecule has 0 aliphatic carbocycles. The van der Waals surface area contributed by atoms with Gasteiger partial charge in [-0.2, -0.15) is 0 Å². The zero-order chi connectivity index (χ0) is 15.0. The van der Waals surface area contributed by atoms with E-state index < -0.39 is 11.6 Å². The molecule has 0 saturated heterocycles. The van der Waals surface area contributed by atoms with Crippen LogP contribution in [0, 0.1) is 5.41 Å². The number of benzene rings is 2. The first-order valence-electron chi connectivity index (χ1n) is 6.99. The van der Waals surface area contributed by atoms with Gasteiger partial charge in [0.25, 0.3) is 0 Å². The summed E-state index contributed by atoms with van der Waals surface area (Å²) in [7, 11) is 0. The summed E-state index contributed by atoms with van der Waals surface area (Å²) >= 11 is 0. The molecule has 3 aromatic rings. The lowest BCUT2D eigenvalue weighted by Crippen LogP contribution is -2.43. The van der Waals surface area contributed by atoms with E-state index in [4.69, 9.17) is 10.2 Å². The molecule has 0 spiro atoms. The van der Waals surface area contributed by atoms with Gasteiger partial charge in [0.05, 0.1) is 6.61 Å². The summed E-state index contributed by atoms with van der Waals surface area (Å²) in [6.45, 7) is 1.59. The van der Waals surface area contributed by atoms with Crippen LogP contribution in [-0.2, 0) is 6.42 Å². The van der Waals surface area contributed by atoms with Crippen LogP contribution in [0.25, 0.3) is 21.9 Å². The molecule has 0 aliphatic rings. The lowest BCUT2D eigenvalue weighted by molar-refractivity contribution is -0.000530. The molecule has 2 atom stereocenters. The van der Waals surface area contributed by atoms with Crippen molar-refractivity contribution in [3.05, 3.63) is 48.0 Å². The van der Waals surface area contributed by atoms with Crippen molar-refractivity contribution in [3.8, 4) is 0 Å². The zero-order valence-corrected chi connectivity index (χ0v) is 11.9. The molecule has 0 aliphatic heterocycles. The first kappa shape index (κ1) is 14.1. The van der Waals surface area contributed by atoms with Gasteiger partial charge in [-0.15, -0.1) is 0 Å². The fourth-order valence-electron chi connectivity index (χ4n) is 2.68. The lowest BCUT2D eigenvalue weighted by Gasteiger charge is -2.30. The minimum atomic E-state index is -1.09. The Bertz CT molecular complexity index is 778. The predicted molar refractivity (Wildman–Crippen MR) is 82.8 cm³/mol. The van der Waals surface area contributed by atoms with E-state index in [1.165, 1.54) is 0 Å². The molecule has 0 saturated carbocycles. The standard InChI is InChI=1S/C17H19NO3/c1-17(10-19,16(18)20)9-11-5-4-8-14-15(11)12-6-2-3-7-13(12)21-14/h2-8,16,19-20H,9-10,18H2,1H3. The highest BCUT2D eigenvalue weighted by Gasteiger charge is 2.31. The smallest absolute Gasteiger partial charge is 0.135 e. The number of furan rings is 1. The second kappa shape index (κ2) is 5.15. The molecular weight excluding hydrogens is 266 g/mol. The summed E-state index contributed by atoms with van der Waals surface area (Å²) in [4.78, 5) is 0. The molecule has 1 heterocycles. The highest BCUT2D eigenvalue weighted by molar-refractivity contribution is 6.06. The maximum absolute atomic E-state index is 9.76. The molecule has 2 unspecified atom stereocenters. The summed E-state index contributed by atoms with van der Waals surface area (Å²) in [5.41, 5.74) is 7.50. The number of aliphatic hydroxyl groups excluding tert-OH is 2. The Labute approximate surface area is 122 Å². The third-order valence-electron chi connectivity index (χ3n) is 4.16. The van der Waals surface area contributed by atoms with Gasteiger partial charge in [0, 0.05) is 16.2 Å². The van der Waals surface area contributed by atoms with Crippen LogP contribution in [0.4, 0.5) is 0 Å². The van der Waals surface area contributed by atoms with Crippen molar-refractivity contribution in [2.75, 3.05) is 6.61 Å². The number of nitrogens with two attached hydrogens (primary N) is 1. The fraction of sp³-hybridized carbons (Fsp3) is 0.294. The Kier molecular flexibility index (Phi) is 3.45. The molecule has 4 nitrogen and oxygen atoms in total. The van der Waals surface area contributed by atoms with Gasteiger partial charge < -0.3 is 20.4 Å². The molecule has 21 heavy (non-hydrogen) atoms. The van der Waals surface area contributed by atoms with E-state index in [2.05, 4.69) is 0 Å². The fourth-order valence-corrected chi connectivity index (χ4v) is 2.68. The van der Waals surface area contributed by atoms with Gasteiger partial charge in [-0.1, -0.05) is 37.3 Å². The molecule has 0 bridgehead atoms. The maximum Gasteiger partial charge on any atom is 0.135 e. The van der Waals surface area contributed by atoms with Gasteiger partial charge in [0.2, 0.25) is 0 Å². The van der Waals surface area contributed by atoms with Gasteiger partial charge in [-0.25, -0.2) is 0 Å². The SMILES string of the molecule is CC(CO)(Cc1cccc2oc3ccccc3c12)C(N)O. The molecule has 4 heteroatoms. The third-order valence-corrected chi connectivity index (χ3v) is 4.16. The van der Waals surface area contributed by atoms with E-state index in [1.807, 2.05) is 42.5 Å². The Balaban J connectivity index is 2.19. The molecule has 3 rings (SSSR count). The minimum absolute atomic E-state index is 0.184. The highest BCUT2D eigenvalue weighted by atomic mass is 16.3. The number of aliphatic hydroxyl groups is 2. The van der Waals surface area contributed by atoms with Crippen molar-refractivity contribution >= 4 is 21.9 Å². The molecule has 0 radical (unpaired) electrons. The molecule has 4 N–H and O–H groups in total. The van der Waals surface area contributed by atoms with E-state index in [0.29, 0.717) is 6.42 Å². The van der Waals surface area contributed by atoms with Gasteiger partial charge in [-0.05, 0) is 24.1 Å². The number of hydrogen-bond donors (Lipinski definition) is 3. The summed E-state index contributed by atoms with van der Waals surface area (Å²) in [5.74, 6) is 0. The van der Waals surface area contributed by atoms with Crippen molar-refractivity contribution < 1.29 is 14.6 Å². The summed E-state index contributed by atoms with van der Waals surface area (Å²) < 4.78 is 5.85. The Morgan fingerprint density at radius 3 is 2.57 bits per heavy atom. The van der Waals surface area contributed by atoms with Gasteiger partial charge in [0.15, 0.2) is 0 Å². The number of fused-ring (bicyclic) bond motifs is 3. The van der Waals surface area contributed by atoms with Crippen LogP contribution in [0.3, 0.4) is 0 Å². The highest BCUT2D eigenvalue weighted by Crippen LogP contribution is 2.34. The van der Waals surface area contributed by atoms with Crippen LogP contribution in [0.5, 0.6) is 0 Å². The summed E-state index contributed by atoms with van der Waals surface area (Å²) in [5, 5.41) is 21.4. The number of rotatable bonds is 4. The van der Waals surface area contributed by atoms with E-state index in [-0.39, 0.29) is 6.61 Å². The normalized spacial score (nSPS) is 16.2. The maximum atomic E-state index is 9.76. The van der Waals surface area contributed by atoms with Crippen LogP contribution < -0.4 is 5.73 Å². The van der Waals surface area contributed by atoms with E-state index in [9.17, 15) is 10.2 Å². The second-order valence-corrected chi connectivity index (χ2v) is 5.82. The van der Waals surface area contributed by atoms with Crippen LogP contribution in [0.15, 0.2) is 46.9 Å². The number of para-hydroxylation sites is 1. The number of hydrogen-bond acceptors (Lipinski definition) is 4. The average molecular weight is 285 g/mol. The van der Waals surface area contributed by atoms with Crippen molar-refractivity contribution in [2.24, 2.45) is 11.1 Å². The second-order valence-electron chi connectivity index (χ2n) is 5.82.